The SMILES string of the molecule is CC1=C(CCC(=O)O)/C(=C/c2[nH]c(/C=C3\NC(=O)[C@H](C)[C@H]3[C@H]3C[SH+]3)c(C)c2CCC(=O)O)NC1C[C@H]1NC(=O)/C(=C\CO)C1C. The molecule has 11 nitrogen and oxygen atoms in total. The van der Waals surface area contributed by atoms with E-state index in [-0.39, 0.29) is 61.1 Å². The van der Waals surface area contributed by atoms with Gasteiger partial charge < -0.3 is 36.3 Å². The normalized spacial score (nSPS) is 30.4. The molecule has 0 radical (unpaired) electrons. The van der Waals surface area contributed by atoms with Crippen molar-refractivity contribution in [2.24, 2.45) is 17.8 Å². The molecule has 0 bridgehead atoms. The van der Waals surface area contributed by atoms with Gasteiger partial charge in [-0.2, -0.15) is 0 Å². The van der Waals surface area contributed by atoms with Gasteiger partial charge in [-0.05, 0) is 79.3 Å². The van der Waals surface area contributed by atoms with Crippen LogP contribution in [-0.2, 0) is 37.4 Å². The summed E-state index contributed by atoms with van der Waals surface area (Å²) in [6.07, 6.45) is 6.54. The van der Waals surface area contributed by atoms with E-state index in [9.17, 15) is 34.5 Å². The van der Waals surface area contributed by atoms with Gasteiger partial charge in [0, 0.05) is 65.1 Å². The lowest BCUT2D eigenvalue weighted by Crippen LogP contribution is -2.36. The number of aromatic amines is 1. The summed E-state index contributed by atoms with van der Waals surface area (Å²) in [5.74, 6) is -0.984. The number of aliphatic carboxylic acids is 2. The highest BCUT2D eigenvalue weighted by Gasteiger charge is 2.52. The summed E-state index contributed by atoms with van der Waals surface area (Å²) in [5.41, 5.74) is 7.39. The quantitative estimate of drug-likeness (QED) is 0.0787. The predicted octanol–water partition coefficient (Wildman–Crippen LogP) is 2.20. The first-order valence-corrected chi connectivity index (χ1v) is 16.7. The van der Waals surface area contributed by atoms with E-state index in [1.54, 1.807) is 0 Å². The van der Waals surface area contributed by atoms with E-state index < -0.39 is 11.9 Å². The smallest absolute Gasteiger partial charge is 0.303 e. The standard InChI is InChI=1S/C33H42N4O7S/c1-15-19(5-7-29(39)40)25(34-22(15)11-24-17(3)21(9-10-38)33(44)36-24)13-26-20(6-8-30(41)42)16(2)23(35-26)12-27-31(28-14-45-28)18(4)32(43)37-27/h9,12-13,17-18,22,24,28,31,34-35,38H,5-8,10-11,14H2,1-4H3,(H,36,44)(H,37,43)(H,39,40)(H,41,42)/p+1/b21-9-,25-13-,27-12-/t17?,18-,22?,24-,28-,31-/m1/s1. The van der Waals surface area contributed by atoms with Gasteiger partial charge in [-0.1, -0.05) is 19.9 Å². The van der Waals surface area contributed by atoms with Crippen molar-refractivity contribution in [1.29, 1.82) is 0 Å². The monoisotopic (exact) mass is 639 g/mol. The van der Waals surface area contributed by atoms with Gasteiger partial charge in [0.25, 0.3) is 0 Å². The van der Waals surface area contributed by atoms with Crippen LogP contribution in [0.25, 0.3) is 12.2 Å². The van der Waals surface area contributed by atoms with Crippen LogP contribution >= 0.6 is 0 Å². The van der Waals surface area contributed by atoms with Crippen molar-refractivity contribution in [2.45, 2.75) is 77.1 Å². The molecule has 5 heterocycles. The molecule has 2 unspecified atom stereocenters. The second-order valence-electron chi connectivity index (χ2n) is 12.5. The lowest BCUT2D eigenvalue weighted by atomic mass is 9.90. The third-order valence-electron chi connectivity index (χ3n) is 9.73. The number of allylic oxidation sites excluding steroid dienone is 2. The Labute approximate surface area is 266 Å². The molecule has 45 heavy (non-hydrogen) atoms. The molecule has 0 saturated carbocycles. The molecule has 3 saturated heterocycles. The summed E-state index contributed by atoms with van der Waals surface area (Å²) in [6, 6.07) is -0.322. The Kier molecular flexibility index (Phi) is 9.64. The highest BCUT2D eigenvalue weighted by Crippen LogP contribution is 2.39. The van der Waals surface area contributed by atoms with Gasteiger partial charge in [-0.25, -0.2) is 0 Å². The Morgan fingerprint density at radius 1 is 0.978 bits per heavy atom. The lowest BCUT2D eigenvalue weighted by molar-refractivity contribution is -0.138. The molecule has 3 fully saturated rings. The van der Waals surface area contributed by atoms with E-state index in [1.807, 2.05) is 39.8 Å². The first-order valence-electron chi connectivity index (χ1n) is 15.5. The number of carbonyl (C=O) groups is 4. The number of carbonyl (C=O) groups excluding carboxylic acids is 2. The number of aliphatic hydroxyl groups is 1. The molecule has 242 valence electrons. The number of amides is 2. The molecule has 7 N–H and O–H groups in total. The maximum absolute atomic E-state index is 12.6. The molecule has 0 aliphatic carbocycles. The number of aromatic nitrogens is 1. The van der Waals surface area contributed by atoms with Gasteiger partial charge in [0.15, 0.2) is 11.0 Å². The number of carboxylic acid groups (broad SMARTS) is 2. The average Bonchev–Trinajstić information content (AvgIpc) is 3.56. The highest BCUT2D eigenvalue weighted by molar-refractivity contribution is 7.86. The number of aliphatic hydroxyl groups excluding tert-OH is 1. The summed E-state index contributed by atoms with van der Waals surface area (Å²) in [5, 5.41) is 38.5. The number of hydrogen-bond donors (Lipinski definition) is 7. The van der Waals surface area contributed by atoms with Crippen LogP contribution < -0.4 is 16.0 Å². The van der Waals surface area contributed by atoms with Crippen molar-refractivity contribution in [2.75, 3.05) is 12.4 Å². The number of thiol groups is 1. The third kappa shape index (κ3) is 6.91. The van der Waals surface area contributed by atoms with E-state index >= 15 is 0 Å². The fourth-order valence-electron chi connectivity index (χ4n) is 6.96. The molecule has 5 rings (SSSR count). The maximum Gasteiger partial charge on any atom is 0.303 e. The zero-order valence-electron chi connectivity index (χ0n) is 26.1. The fraction of sp³-hybridized carbons (Fsp3) is 0.515. The van der Waals surface area contributed by atoms with Crippen LogP contribution in [0.1, 0.15) is 69.0 Å². The van der Waals surface area contributed by atoms with Crippen molar-refractivity contribution < 1.29 is 34.5 Å². The minimum Gasteiger partial charge on any atom is -0.481 e. The van der Waals surface area contributed by atoms with Crippen LogP contribution in [0.2, 0.25) is 0 Å². The largest absolute Gasteiger partial charge is 0.481 e. The number of H-pyrrole nitrogens is 1. The molecule has 6 atom stereocenters. The minimum absolute atomic E-state index is 0.0163. The van der Waals surface area contributed by atoms with Gasteiger partial charge in [-0.15, -0.1) is 0 Å². The van der Waals surface area contributed by atoms with E-state index in [4.69, 9.17) is 0 Å². The first-order chi connectivity index (χ1) is 21.4. The van der Waals surface area contributed by atoms with Crippen molar-refractivity contribution in [3.63, 3.8) is 0 Å². The summed E-state index contributed by atoms with van der Waals surface area (Å²) < 4.78 is 0. The van der Waals surface area contributed by atoms with Gasteiger partial charge in [-0.3, -0.25) is 19.2 Å². The molecule has 4 aliphatic rings. The van der Waals surface area contributed by atoms with Crippen LogP contribution in [-0.4, -0.2) is 73.7 Å². The summed E-state index contributed by atoms with van der Waals surface area (Å²) in [4.78, 5) is 51.7. The van der Waals surface area contributed by atoms with E-state index in [1.165, 1.54) is 17.8 Å². The van der Waals surface area contributed by atoms with Crippen LogP contribution in [0.4, 0.5) is 0 Å². The molecule has 1 aromatic heterocycles. The second kappa shape index (κ2) is 13.3. The van der Waals surface area contributed by atoms with E-state index in [0.29, 0.717) is 30.1 Å². The third-order valence-corrected chi connectivity index (χ3v) is 10.8. The molecule has 4 aliphatic heterocycles. The zero-order valence-corrected chi connectivity index (χ0v) is 27.0. The lowest BCUT2D eigenvalue weighted by Gasteiger charge is -2.21. The number of nitrogens with one attached hydrogen (secondary N) is 4. The van der Waals surface area contributed by atoms with Crippen molar-refractivity contribution in [3.05, 3.63) is 56.7 Å². The van der Waals surface area contributed by atoms with Gasteiger partial charge in [0.1, 0.15) is 0 Å². The first kappa shape index (κ1) is 32.6. The fourth-order valence-corrected chi connectivity index (χ4v) is 7.96. The molecule has 1 aromatic rings. The second-order valence-corrected chi connectivity index (χ2v) is 13.9. The molecule has 0 spiro atoms. The number of hydrogen-bond acceptors (Lipinski definition) is 6. The highest BCUT2D eigenvalue weighted by atomic mass is 32.2. The van der Waals surface area contributed by atoms with Gasteiger partial charge in [0.2, 0.25) is 11.8 Å². The van der Waals surface area contributed by atoms with E-state index in [0.717, 1.165) is 50.8 Å². The van der Waals surface area contributed by atoms with Crippen molar-refractivity contribution in [1.82, 2.24) is 20.9 Å². The summed E-state index contributed by atoms with van der Waals surface area (Å²) in [7, 11) is 0. The van der Waals surface area contributed by atoms with Gasteiger partial charge in [0.05, 0.1) is 12.5 Å². The number of carboxylic acids is 2. The Morgan fingerprint density at radius 3 is 2.31 bits per heavy atom. The minimum atomic E-state index is -0.905. The number of rotatable bonds is 12. The maximum atomic E-state index is 12.6. The molecular formula is C33H43N4O7S+. The van der Waals surface area contributed by atoms with Crippen LogP contribution in [0.5, 0.6) is 0 Å². The topological polar surface area (TPSA) is 181 Å². The Morgan fingerprint density at radius 2 is 1.67 bits per heavy atom. The van der Waals surface area contributed by atoms with Crippen molar-refractivity contribution >= 4 is 47.7 Å². The van der Waals surface area contributed by atoms with Crippen LogP contribution in [0.3, 0.4) is 0 Å². The molecule has 0 aromatic carbocycles. The molecule has 12 heteroatoms. The molecular weight excluding hydrogens is 596 g/mol. The Balaban J connectivity index is 1.49. The van der Waals surface area contributed by atoms with E-state index in [2.05, 4.69) is 20.9 Å². The Hall–Kier alpha value is -3.77. The Bertz CT molecular complexity index is 1530. The van der Waals surface area contributed by atoms with Crippen LogP contribution in [0, 0.1) is 24.7 Å². The van der Waals surface area contributed by atoms with Crippen molar-refractivity contribution in [3.8, 4) is 0 Å². The van der Waals surface area contributed by atoms with Crippen LogP contribution in [0.15, 0.2) is 34.2 Å². The summed E-state index contributed by atoms with van der Waals surface area (Å²) in [6.45, 7) is 7.63. The average molecular weight is 640 g/mol. The predicted molar refractivity (Wildman–Crippen MR) is 173 cm³/mol. The summed E-state index contributed by atoms with van der Waals surface area (Å²) >= 11 is 1.35. The zero-order chi connectivity index (χ0) is 32.6. The molecule has 2 amide bonds. The van der Waals surface area contributed by atoms with Gasteiger partial charge >= 0.3 is 11.9 Å².